The van der Waals surface area contributed by atoms with E-state index in [4.69, 9.17) is 4.74 Å². The summed E-state index contributed by atoms with van der Waals surface area (Å²) in [5.74, 6) is 0.0971. The molecule has 0 atom stereocenters. The number of likely N-dealkylation sites (N-methyl/N-ethyl adjacent to an activating group) is 1. The Morgan fingerprint density at radius 1 is 1.45 bits per heavy atom. The van der Waals surface area contributed by atoms with Gasteiger partial charge in [0.1, 0.15) is 0 Å². The lowest BCUT2D eigenvalue weighted by Crippen LogP contribution is -2.26. The van der Waals surface area contributed by atoms with Crippen LogP contribution in [0.25, 0.3) is 0 Å². The van der Waals surface area contributed by atoms with E-state index >= 15 is 0 Å². The summed E-state index contributed by atoms with van der Waals surface area (Å²) in [4.78, 5) is 25.0. The molecule has 1 aliphatic rings. The molecule has 0 fully saturated rings. The van der Waals surface area contributed by atoms with E-state index < -0.39 is 0 Å². The molecule has 2 rings (SSSR count). The summed E-state index contributed by atoms with van der Waals surface area (Å²) in [5, 5.41) is 2.85. The van der Waals surface area contributed by atoms with Gasteiger partial charge in [0.05, 0.1) is 12.8 Å². The highest BCUT2D eigenvalue weighted by molar-refractivity contribution is 6.01. The van der Waals surface area contributed by atoms with E-state index in [9.17, 15) is 9.59 Å². The zero-order chi connectivity index (χ0) is 14.5. The fourth-order valence-corrected chi connectivity index (χ4v) is 2.33. The number of fused-ring (bicyclic) bond motifs is 1. The second-order valence-electron chi connectivity index (χ2n) is 4.97. The third-order valence-corrected chi connectivity index (χ3v) is 3.43. The number of hydrogen-bond acceptors (Lipinski definition) is 3. The lowest BCUT2D eigenvalue weighted by molar-refractivity contribution is -0.120. The number of amides is 2. The predicted molar refractivity (Wildman–Crippen MR) is 76.8 cm³/mol. The first kappa shape index (κ1) is 14.5. The van der Waals surface area contributed by atoms with E-state index in [0.717, 1.165) is 23.2 Å². The number of nitrogens with zero attached hydrogens (tertiary/aromatic N) is 1. The SMILES string of the molecule is COCCCNC(=O)Cc1ccc2c(c1)CC(=O)N2C. The molecule has 0 saturated carbocycles. The summed E-state index contributed by atoms with van der Waals surface area (Å²) in [7, 11) is 3.42. The molecule has 1 aromatic carbocycles. The number of rotatable bonds is 6. The number of methoxy groups -OCH3 is 1. The molecule has 0 aliphatic carbocycles. The highest BCUT2D eigenvalue weighted by atomic mass is 16.5. The minimum Gasteiger partial charge on any atom is -0.385 e. The van der Waals surface area contributed by atoms with Crippen LogP contribution in [0.4, 0.5) is 5.69 Å². The number of carbonyl (C=O) groups excluding carboxylic acids is 2. The number of carbonyl (C=O) groups is 2. The molecule has 0 spiro atoms. The average molecular weight is 276 g/mol. The molecule has 20 heavy (non-hydrogen) atoms. The molecule has 0 radical (unpaired) electrons. The maximum Gasteiger partial charge on any atom is 0.231 e. The molecule has 1 N–H and O–H groups in total. The summed E-state index contributed by atoms with van der Waals surface area (Å²) < 4.78 is 4.92. The van der Waals surface area contributed by atoms with Crippen molar-refractivity contribution < 1.29 is 14.3 Å². The number of anilines is 1. The average Bonchev–Trinajstić information content (AvgIpc) is 2.70. The van der Waals surface area contributed by atoms with Crippen LogP contribution in [0.15, 0.2) is 18.2 Å². The van der Waals surface area contributed by atoms with Crippen molar-refractivity contribution in [3.05, 3.63) is 29.3 Å². The van der Waals surface area contributed by atoms with Gasteiger partial charge in [0.15, 0.2) is 0 Å². The van der Waals surface area contributed by atoms with Crippen LogP contribution in [0, 0.1) is 0 Å². The fraction of sp³-hybridized carbons (Fsp3) is 0.467. The lowest BCUT2D eigenvalue weighted by atomic mass is 10.1. The second-order valence-corrected chi connectivity index (χ2v) is 4.97. The number of ether oxygens (including phenoxy) is 1. The summed E-state index contributed by atoms with van der Waals surface area (Å²) >= 11 is 0. The summed E-state index contributed by atoms with van der Waals surface area (Å²) in [6.07, 6.45) is 1.58. The van der Waals surface area contributed by atoms with E-state index in [1.165, 1.54) is 0 Å². The molecule has 108 valence electrons. The molecule has 1 aromatic rings. The first-order valence-electron chi connectivity index (χ1n) is 6.76. The second kappa shape index (κ2) is 6.52. The minimum atomic E-state index is -0.00117. The molecule has 0 bridgehead atoms. The molecule has 0 unspecified atom stereocenters. The molecular formula is C15H20N2O3. The van der Waals surface area contributed by atoms with Crippen LogP contribution in [0.3, 0.4) is 0 Å². The van der Waals surface area contributed by atoms with Crippen LogP contribution in [-0.4, -0.2) is 39.1 Å². The Bertz CT molecular complexity index is 514. The van der Waals surface area contributed by atoms with Crippen molar-refractivity contribution in [2.24, 2.45) is 0 Å². The molecule has 0 saturated heterocycles. The van der Waals surface area contributed by atoms with Crippen molar-refractivity contribution >= 4 is 17.5 Å². The molecule has 5 heteroatoms. The smallest absolute Gasteiger partial charge is 0.231 e. The van der Waals surface area contributed by atoms with Crippen molar-refractivity contribution in [1.29, 1.82) is 0 Å². The van der Waals surface area contributed by atoms with Crippen molar-refractivity contribution in [2.45, 2.75) is 19.3 Å². The maximum atomic E-state index is 11.8. The maximum absolute atomic E-state index is 11.8. The predicted octanol–water partition coefficient (Wildman–Crippen LogP) is 0.901. The molecular weight excluding hydrogens is 256 g/mol. The van der Waals surface area contributed by atoms with Gasteiger partial charge in [0, 0.05) is 33.0 Å². The highest BCUT2D eigenvalue weighted by Crippen LogP contribution is 2.28. The Morgan fingerprint density at radius 3 is 3.00 bits per heavy atom. The van der Waals surface area contributed by atoms with Crippen LogP contribution in [-0.2, 0) is 27.2 Å². The van der Waals surface area contributed by atoms with Crippen LogP contribution < -0.4 is 10.2 Å². The van der Waals surface area contributed by atoms with Gasteiger partial charge in [-0.2, -0.15) is 0 Å². The van der Waals surface area contributed by atoms with E-state index in [2.05, 4.69) is 5.32 Å². The topological polar surface area (TPSA) is 58.6 Å². The van der Waals surface area contributed by atoms with Crippen LogP contribution in [0.1, 0.15) is 17.5 Å². The summed E-state index contributed by atoms with van der Waals surface area (Å²) in [6.45, 7) is 1.27. The fourth-order valence-electron chi connectivity index (χ4n) is 2.33. The van der Waals surface area contributed by atoms with Crippen LogP contribution >= 0.6 is 0 Å². The van der Waals surface area contributed by atoms with Gasteiger partial charge in [-0.1, -0.05) is 12.1 Å². The van der Waals surface area contributed by atoms with E-state index in [1.807, 2.05) is 18.2 Å². The van der Waals surface area contributed by atoms with Crippen molar-refractivity contribution in [3.63, 3.8) is 0 Å². The molecule has 1 aliphatic heterocycles. The van der Waals surface area contributed by atoms with Crippen LogP contribution in [0.2, 0.25) is 0 Å². The van der Waals surface area contributed by atoms with Gasteiger partial charge in [-0.05, 0) is 23.6 Å². The van der Waals surface area contributed by atoms with Gasteiger partial charge in [-0.25, -0.2) is 0 Å². The summed E-state index contributed by atoms with van der Waals surface area (Å²) in [5.41, 5.74) is 2.89. The van der Waals surface area contributed by atoms with Crippen molar-refractivity contribution in [1.82, 2.24) is 5.32 Å². The van der Waals surface area contributed by atoms with Gasteiger partial charge in [0.25, 0.3) is 0 Å². The van der Waals surface area contributed by atoms with Gasteiger partial charge >= 0.3 is 0 Å². The standard InChI is InChI=1S/C15H20N2O3/c1-17-13-5-4-11(8-12(13)10-15(17)19)9-14(18)16-6-3-7-20-2/h4-5,8H,3,6-7,9-10H2,1-2H3,(H,16,18). The Labute approximate surface area is 118 Å². The highest BCUT2D eigenvalue weighted by Gasteiger charge is 2.23. The third-order valence-electron chi connectivity index (χ3n) is 3.43. The zero-order valence-corrected chi connectivity index (χ0v) is 11.9. The van der Waals surface area contributed by atoms with Gasteiger partial charge in [-0.3, -0.25) is 9.59 Å². The first-order chi connectivity index (χ1) is 9.61. The first-order valence-corrected chi connectivity index (χ1v) is 6.76. The van der Waals surface area contributed by atoms with Crippen molar-refractivity contribution in [2.75, 3.05) is 32.2 Å². The molecule has 0 aromatic heterocycles. The lowest BCUT2D eigenvalue weighted by Gasteiger charge is -2.10. The van der Waals surface area contributed by atoms with Gasteiger partial charge in [0.2, 0.25) is 11.8 Å². The van der Waals surface area contributed by atoms with E-state index in [0.29, 0.717) is 26.0 Å². The number of hydrogen-bond donors (Lipinski definition) is 1. The normalized spacial score (nSPS) is 13.5. The Hall–Kier alpha value is -1.88. The zero-order valence-electron chi connectivity index (χ0n) is 11.9. The van der Waals surface area contributed by atoms with Gasteiger partial charge in [-0.15, -0.1) is 0 Å². The Balaban J connectivity index is 1.90. The number of benzene rings is 1. The quantitative estimate of drug-likeness (QED) is 0.785. The van der Waals surface area contributed by atoms with E-state index in [-0.39, 0.29) is 11.8 Å². The van der Waals surface area contributed by atoms with Crippen LogP contribution in [0.5, 0.6) is 0 Å². The number of nitrogens with one attached hydrogen (secondary N) is 1. The van der Waals surface area contributed by atoms with Crippen molar-refractivity contribution in [3.8, 4) is 0 Å². The molecule has 2 amide bonds. The Morgan fingerprint density at radius 2 is 2.25 bits per heavy atom. The largest absolute Gasteiger partial charge is 0.385 e. The minimum absolute atomic E-state index is 0.00117. The monoisotopic (exact) mass is 276 g/mol. The molecule has 5 nitrogen and oxygen atoms in total. The van der Waals surface area contributed by atoms with E-state index in [1.54, 1.807) is 19.1 Å². The summed E-state index contributed by atoms with van der Waals surface area (Å²) in [6, 6.07) is 5.77. The van der Waals surface area contributed by atoms with Gasteiger partial charge < -0.3 is 15.0 Å². The third kappa shape index (κ3) is 3.36. The Kier molecular flexibility index (Phi) is 4.74. The molecule has 1 heterocycles.